The third-order valence-electron chi connectivity index (χ3n) is 3.84. The van der Waals surface area contributed by atoms with Crippen LogP contribution in [-0.2, 0) is 6.61 Å². The lowest BCUT2D eigenvalue weighted by molar-refractivity contribution is 0.305. The van der Waals surface area contributed by atoms with Gasteiger partial charge in [0.25, 0.3) is 0 Å². The predicted octanol–water partition coefficient (Wildman–Crippen LogP) is 6.37. The number of nitrogens with zero attached hydrogens (tertiary/aromatic N) is 1. The summed E-state index contributed by atoms with van der Waals surface area (Å²) < 4.78 is 34.0. The molecule has 0 fully saturated rings. The van der Waals surface area contributed by atoms with Crippen LogP contribution in [0.3, 0.4) is 0 Å². The van der Waals surface area contributed by atoms with Gasteiger partial charge in [-0.3, -0.25) is 0 Å². The smallest absolute Gasteiger partial charge is 0.131 e. The Morgan fingerprint density at radius 2 is 1.85 bits per heavy atom. The van der Waals surface area contributed by atoms with Gasteiger partial charge in [-0.25, -0.2) is 8.78 Å². The molecule has 2 nitrogen and oxygen atoms in total. The molecule has 0 atom stereocenters. The lowest BCUT2D eigenvalue weighted by atomic mass is 10.0. The average molecular weight is 426 g/mol. The quantitative estimate of drug-likeness (QED) is 0.351. The summed E-state index contributed by atoms with van der Waals surface area (Å²) in [7, 11) is 0. The van der Waals surface area contributed by atoms with E-state index in [2.05, 4.69) is 15.9 Å². The van der Waals surface area contributed by atoms with Crippen LogP contribution in [0.15, 0.2) is 71.2 Å². The molecule has 0 radical (unpaired) electrons. The van der Waals surface area contributed by atoms with Gasteiger partial charge >= 0.3 is 0 Å². The number of ether oxygens (including phenoxy) is 1. The van der Waals surface area contributed by atoms with Crippen LogP contribution >= 0.6 is 15.9 Å². The molecular weight excluding hydrogens is 412 g/mol. The van der Waals surface area contributed by atoms with E-state index in [1.807, 2.05) is 6.07 Å². The topological polar surface area (TPSA) is 33.0 Å². The van der Waals surface area contributed by atoms with Crippen molar-refractivity contribution in [1.29, 1.82) is 5.26 Å². The molecular formula is C22H14BrF2NO. The van der Waals surface area contributed by atoms with Gasteiger partial charge in [0.1, 0.15) is 24.0 Å². The normalized spacial score (nSPS) is 11.1. The summed E-state index contributed by atoms with van der Waals surface area (Å²) in [4.78, 5) is 0. The zero-order valence-corrected chi connectivity index (χ0v) is 15.7. The van der Waals surface area contributed by atoms with E-state index < -0.39 is 5.82 Å². The van der Waals surface area contributed by atoms with Crippen molar-refractivity contribution in [2.75, 3.05) is 0 Å². The van der Waals surface area contributed by atoms with Crippen LogP contribution in [0.2, 0.25) is 0 Å². The maximum atomic E-state index is 14.0. The lowest BCUT2D eigenvalue weighted by Crippen LogP contribution is -1.98. The maximum Gasteiger partial charge on any atom is 0.131 e. The monoisotopic (exact) mass is 425 g/mol. The van der Waals surface area contributed by atoms with Crippen LogP contribution in [0.5, 0.6) is 5.75 Å². The third kappa shape index (κ3) is 4.81. The standard InChI is InChI=1S/C22H14BrF2NO/c23-18-8-9-22(27-14-15-4-3-5-19(24)10-15)16(12-18)11-17(13-26)20-6-1-2-7-21(20)25/h1-12H,14H2/b17-11-. The van der Waals surface area contributed by atoms with Crippen molar-refractivity contribution < 1.29 is 13.5 Å². The van der Waals surface area contributed by atoms with E-state index in [1.165, 1.54) is 18.2 Å². The highest BCUT2D eigenvalue weighted by molar-refractivity contribution is 9.10. The summed E-state index contributed by atoms with van der Waals surface area (Å²) in [6, 6.07) is 19.6. The first-order valence-corrected chi connectivity index (χ1v) is 8.89. The molecule has 0 amide bonds. The van der Waals surface area contributed by atoms with Crippen LogP contribution in [0.1, 0.15) is 16.7 Å². The Balaban J connectivity index is 1.94. The van der Waals surface area contributed by atoms with Gasteiger partial charge in [-0.15, -0.1) is 0 Å². The van der Waals surface area contributed by atoms with Gasteiger partial charge in [0.15, 0.2) is 0 Å². The van der Waals surface area contributed by atoms with Crippen molar-refractivity contribution in [3.63, 3.8) is 0 Å². The molecule has 27 heavy (non-hydrogen) atoms. The molecule has 5 heteroatoms. The molecule has 0 aromatic heterocycles. The number of benzene rings is 3. The highest BCUT2D eigenvalue weighted by Crippen LogP contribution is 2.29. The first-order chi connectivity index (χ1) is 13.1. The highest BCUT2D eigenvalue weighted by Gasteiger charge is 2.10. The first kappa shape index (κ1) is 18.8. The van der Waals surface area contributed by atoms with E-state index in [0.717, 1.165) is 4.47 Å². The Bertz CT molecular complexity index is 1040. The molecule has 134 valence electrons. The van der Waals surface area contributed by atoms with Crippen molar-refractivity contribution in [1.82, 2.24) is 0 Å². The third-order valence-corrected chi connectivity index (χ3v) is 4.33. The zero-order valence-electron chi connectivity index (χ0n) is 14.1. The van der Waals surface area contributed by atoms with Gasteiger partial charge in [-0.05, 0) is 48.0 Å². The Morgan fingerprint density at radius 1 is 1.04 bits per heavy atom. The molecule has 0 saturated carbocycles. The first-order valence-electron chi connectivity index (χ1n) is 8.10. The van der Waals surface area contributed by atoms with Crippen molar-refractivity contribution in [2.24, 2.45) is 0 Å². The minimum Gasteiger partial charge on any atom is -0.488 e. The molecule has 0 bridgehead atoms. The largest absolute Gasteiger partial charge is 0.488 e. The zero-order chi connectivity index (χ0) is 19.2. The van der Waals surface area contributed by atoms with E-state index in [9.17, 15) is 14.0 Å². The van der Waals surface area contributed by atoms with Crippen LogP contribution in [0.25, 0.3) is 11.6 Å². The fourth-order valence-corrected chi connectivity index (χ4v) is 2.94. The summed E-state index contributed by atoms with van der Waals surface area (Å²) in [5, 5.41) is 9.48. The minimum atomic E-state index is -0.470. The Kier molecular flexibility index (Phi) is 6.00. The Morgan fingerprint density at radius 3 is 2.59 bits per heavy atom. The van der Waals surface area contributed by atoms with Gasteiger partial charge in [0.05, 0.1) is 11.6 Å². The van der Waals surface area contributed by atoms with Crippen LogP contribution in [0.4, 0.5) is 8.78 Å². The number of allylic oxidation sites excluding steroid dienone is 1. The minimum absolute atomic E-state index is 0.168. The van der Waals surface area contributed by atoms with Crippen LogP contribution in [-0.4, -0.2) is 0 Å². The Labute approximate surface area is 164 Å². The van der Waals surface area contributed by atoms with Crippen molar-refractivity contribution in [3.8, 4) is 11.8 Å². The lowest BCUT2D eigenvalue weighted by Gasteiger charge is -2.11. The second kappa shape index (κ2) is 8.61. The number of halogens is 3. The molecule has 0 aliphatic carbocycles. The maximum absolute atomic E-state index is 14.0. The van der Waals surface area contributed by atoms with E-state index in [0.29, 0.717) is 16.9 Å². The van der Waals surface area contributed by atoms with Gasteiger partial charge < -0.3 is 4.74 Å². The van der Waals surface area contributed by atoms with Gasteiger partial charge in [-0.1, -0.05) is 46.3 Å². The molecule has 0 saturated heterocycles. The van der Waals surface area contributed by atoms with Gasteiger partial charge in [0.2, 0.25) is 0 Å². The molecule has 0 aliphatic rings. The molecule has 0 spiro atoms. The molecule has 3 aromatic rings. The molecule has 0 N–H and O–H groups in total. The van der Waals surface area contributed by atoms with Crippen molar-refractivity contribution in [2.45, 2.75) is 6.61 Å². The number of hydrogen-bond acceptors (Lipinski definition) is 2. The number of hydrogen-bond donors (Lipinski definition) is 0. The molecule has 3 rings (SSSR count). The van der Waals surface area contributed by atoms with Gasteiger partial charge in [0, 0.05) is 15.6 Å². The average Bonchev–Trinajstić information content (AvgIpc) is 2.66. The highest BCUT2D eigenvalue weighted by atomic mass is 79.9. The van der Waals surface area contributed by atoms with E-state index in [1.54, 1.807) is 54.6 Å². The molecule has 0 unspecified atom stereocenters. The summed E-state index contributed by atoms with van der Waals surface area (Å²) in [6.07, 6.45) is 1.57. The number of nitriles is 1. The second-order valence-electron chi connectivity index (χ2n) is 5.75. The number of rotatable bonds is 5. The molecule has 3 aromatic carbocycles. The molecule has 0 aliphatic heterocycles. The van der Waals surface area contributed by atoms with Crippen molar-refractivity contribution in [3.05, 3.63) is 99.5 Å². The SMILES string of the molecule is N#C/C(=C/c1cc(Br)ccc1OCc1cccc(F)c1)c1ccccc1F. The van der Waals surface area contributed by atoms with E-state index in [-0.39, 0.29) is 23.6 Å². The predicted molar refractivity (Wildman–Crippen MR) is 105 cm³/mol. The Hall–Kier alpha value is -2.97. The summed E-state index contributed by atoms with van der Waals surface area (Å²) >= 11 is 3.39. The summed E-state index contributed by atoms with van der Waals surface area (Å²) in [5.41, 5.74) is 1.70. The summed E-state index contributed by atoms with van der Waals surface area (Å²) in [5.74, 6) is -0.299. The fourth-order valence-electron chi connectivity index (χ4n) is 2.56. The molecule has 0 heterocycles. The second-order valence-corrected chi connectivity index (χ2v) is 6.67. The van der Waals surface area contributed by atoms with Crippen LogP contribution < -0.4 is 4.74 Å². The van der Waals surface area contributed by atoms with E-state index in [4.69, 9.17) is 4.74 Å². The van der Waals surface area contributed by atoms with Crippen molar-refractivity contribution >= 4 is 27.6 Å². The van der Waals surface area contributed by atoms with Crippen LogP contribution in [0, 0.1) is 23.0 Å². The van der Waals surface area contributed by atoms with Gasteiger partial charge in [-0.2, -0.15) is 5.26 Å². The van der Waals surface area contributed by atoms with E-state index >= 15 is 0 Å². The summed E-state index contributed by atoms with van der Waals surface area (Å²) in [6.45, 7) is 0.168. The fraction of sp³-hybridized carbons (Fsp3) is 0.0455.